The van der Waals surface area contributed by atoms with Gasteiger partial charge in [0.05, 0.1) is 0 Å². The molecule has 0 spiro atoms. The van der Waals surface area contributed by atoms with Crippen LogP contribution in [0.4, 0.5) is 13.2 Å². The van der Waals surface area contributed by atoms with E-state index in [4.69, 9.17) is 0 Å². The summed E-state index contributed by atoms with van der Waals surface area (Å²) in [6.07, 6.45) is 7.95. The van der Waals surface area contributed by atoms with E-state index in [1.165, 1.54) is 37.3 Å². The smallest absolute Gasteiger partial charge is 0.376 e. The molecule has 2 saturated carbocycles. The van der Waals surface area contributed by atoms with Gasteiger partial charge in [0.2, 0.25) is 0 Å². The summed E-state index contributed by atoms with van der Waals surface area (Å²) >= 11 is 0. The quantitative estimate of drug-likeness (QED) is 0.487. The molecule has 4 atom stereocenters. The standard InChI is InChI=1S/C20H25F3O3S/c1-12-10-16-13(11-18(12)26-27(24,25)20(21,22)23)5-6-15-14(16)7-9-19(2)8-3-4-17(15)19/h10-11,14-15,17H,3-9H2,1-2H3/t14?,15?,17?,19-/m0/s1. The zero-order chi connectivity index (χ0) is 19.6. The monoisotopic (exact) mass is 402 g/mol. The number of aryl methyl sites for hydroxylation is 2. The van der Waals surface area contributed by atoms with Gasteiger partial charge in [-0.25, -0.2) is 0 Å². The van der Waals surface area contributed by atoms with Gasteiger partial charge in [-0.05, 0) is 91.4 Å². The van der Waals surface area contributed by atoms with Gasteiger partial charge in [-0.2, -0.15) is 21.6 Å². The van der Waals surface area contributed by atoms with Crippen molar-refractivity contribution < 1.29 is 25.8 Å². The molecule has 27 heavy (non-hydrogen) atoms. The van der Waals surface area contributed by atoms with E-state index in [2.05, 4.69) is 11.1 Å². The van der Waals surface area contributed by atoms with Gasteiger partial charge in [0.15, 0.2) is 0 Å². The summed E-state index contributed by atoms with van der Waals surface area (Å²) in [7, 11) is -5.64. The molecular weight excluding hydrogens is 377 g/mol. The Labute approximate surface area is 158 Å². The predicted octanol–water partition coefficient (Wildman–Crippen LogP) is 5.47. The molecular formula is C20H25F3O3S. The second kappa shape index (κ2) is 6.13. The van der Waals surface area contributed by atoms with Crippen molar-refractivity contribution in [1.82, 2.24) is 0 Å². The lowest BCUT2D eigenvalue weighted by molar-refractivity contribution is -0.0500. The highest BCUT2D eigenvalue weighted by atomic mass is 32.2. The number of alkyl halides is 3. The van der Waals surface area contributed by atoms with Crippen molar-refractivity contribution in [3.05, 3.63) is 28.8 Å². The Morgan fingerprint density at radius 3 is 2.59 bits per heavy atom. The third-order valence-electron chi connectivity index (χ3n) is 7.28. The van der Waals surface area contributed by atoms with Gasteiger partial charge in [-0.3, -0.25) is 0 Å². The largest absolute Gasteiger partial charge is 0.534 e. The summed E-state index contributed by atoms with van der Waals surface area (Å²) in [4.78, 5) is 0. The molecule has 0 amide bonds. The van der Waals surface area contributed by atoms with E-state index >= 15 is 0 Å². The molecule has 150 valence electrons. The highest BCUT2D eigenvalue weighted by molar-refractivity contribution is 7.88. The summed E-state index contributed by atoms with van der Waals surface area (Å²) in [6, 6.07) is 3.39. The maximum Gasteiger partial charge on any atom is 0.534 e. The third-order valence-corrected chi connectivity index (χ3v) is 8.25. The van der Waals surface area contributed by atoms with Crippen molar-refractivity contribution in [2.75, 3.05) is 0 Å². The highest BCUT2D eigenvalue weighted by Gasteiger charge is 2.51. The van der Waals surface area contributed by atoms with E-state index in [-0.39, 0.29) is 5.75 Å². The summed E-state index contributed by atoms with van der Waals surface area (Å²) in [5, 5.41) is 0. The lowest BCUT2D eigenvalue weighted by Crippen LogP contribution is -2.39. The lowest BCUT2D eigenvalue weighted by atomic mass is 9.56. The minimum atomic E-state index is -5.64. The Morgan fingerprint density at radius 2 is 1.89 bits per heavy atom. The fraction of sp³-hybridized carbons (Fsp3) is 0.700. The second-order valence-electron chi connectivity index (χ2n) is 8.80. The molecule has 0 heterocycles. The van der Waals surface area contributed by atoms with Gasteiger partial charge in [0.1, 0.15) is 5.75 Å². The number of halogens is 3. The van der Waals surface area contributed by atoms with Crippen LogP contribution in [-0.2, 0) is 16.5 Å². The summed E-state index contributed by atoms with van der Waals surface area (Å²) < 4.78 is 65.2. The fourth-order valence-electron chi connectivity index (χ4n) is 5.96. The third kappa shape index (κ3) is 3.06. The van der Waals surface area contributed by atoms with Crippen molar-refractivity contribution in [2.24, 2.45) is 17.3 Å². The van der Waals surface area contributed by atoms with Crippen LogP contribution in [0.15, 0.2) is 12.1 Å². The van der Waals surface area contributed by atoms with Crippen molar-refractivity contribution in [3.8, 4) is 5.75 Å². The molecule has 3 nitrogen and oxygen atoms in total. The van der Waals surface area contributed by atoms with Gasteiger partial charge >= 0.3 is 15.6 Å². The molecule has 0 aromatic heterocycles. The van der Waals surface area contributed by atoms with Crippen molar-refractivity contribution >= 4 is 10.1 Å². The van der Waals surface area contributed by atoms with Gasteiger partial charge in [0, 0.05) is 0 Å². The minimum Gasteiger partial charge on any atom is -0.376 e. The van der Waals surface area contributed by atoms with Crippen LogP contribution in [0.25, 0.3) is 0 Å². The van der Waals surface area contributed by atoms with E-state index in [0.717, 1.165) is 30.7 Å². The first-order valence-electron chi connectivity index (χ1n) is 9.66. The molecule has 3 aliphatic carbocycles. The Balaban J connectivity index is 1.66. The Bertz CT molecular complexity index is 862. The number of fused-ring (bicyclic) bond motifs is 5. The Kier molecular flexibility index (Phi) is 4.33. The van der Waals surface area contributed by atoms with Gasteiger partial charge in [-0.1, -0.05) is 19.4 Å². The molecule has 0 radical (unpaired) electrons. The molecule has 1 aromatic carbocycles. The van der Waals surface area contributed by atoms with Crippen molar-refractivity contribution in [2.45, 2.75) is 70.2 Å². The van der Waals surface area contributed by atoms with Crippen LogP contribution in [0.2, 0.25) is 0 Å². The van der Waals surface area contributed by atoms with Crippen LogP contribution >= 0.6 is 0 Å². The molecule has 2 fully saturated rings. The maximum atomic E-state index is 12.7. The highest BCUT2D eigenvalue weighted by Crippen LogP contribution is 2.61. The first-order valence-corrected chi connectivity index (χ1v) is 11.1. The van der Waals surface area contributed by atoms with Crippen molar-refractivity contribution in [3.63, 3.8) is 0 Å². The van der Waals surface area contributed by atoms with Crippen LogP contribution in [0.3, 0.4) is 0 Å². The molecule has 0 N–H and O–H groups in total. The van der Waals surface area contributed by atoms with Gasteiger partial charge in [0.25, 0.3) is 0 Å². The second-order valence-corrected chi connectivity index (χ2v) is 10.3. The number of hydrogen-bond acceptors (Lipinski definition) is 3. The average Bonchev–Trinajstić information content (AvgIpc) is 2.96. The summed E-state index contributed by atoms with van der Waals surface area (Å²) in [5.74, 6) is 1.58. The topological polar surface area (TPSA) is 43.4 Å². The van der Waals surface area contributed by atoms with Gasteiger partial charge < -0.3 is 4.18 Å². The van der Waals surface area contributed by atoms with Crippen LogP contribution in [0.1, 0.15) is 68.1 Å². The van der Waals surface area contributed by atoms with Crippen LogP contribution in [0, 0.1) is 24.2 Å². The normalized spacial score (nSPS) is 33.1. The molecule has 3 unspecified atom stereocenters. The molecule has 3 aliphatic rings. The van der Waals surface area contributed by atoms with E-state index in [1.54, 1.807) is 6.92 Å². The molecule has 4 rings (SSSR count). The van der Waals surface area contributed by atoms with E-state index < -0.39 is 15.6 Å². The van der Waals surface area contributed by atoms with Crippen LogP contribution < -0.4 is 4.18 Å². The van der Waals surface area contributed by atoms with Gasteiger partial charge in [-0.15, -0.1) is 0 Å². The Morgan fingerprint density at radius 1 is 1.15 bits per heavy atom. The Hall–Kier alpha value is -1.24. The summed E-state index contributed by atoms with van der Waals surface area (Å²) in [5.41, 5.74) is -2.40. The molecule has 7 heteroatoms. The molecule has 0 bridgehead atoms. The predicted molar refractivity (Wildman–Crippen MR) is 96.0 cm³/mol. The first-order chi connectivity index (χ1) is 12.5. The van der Waals surface area contributed by atoms with Crippen LogP contribution in [-0.4, -0.2) is 13.9 Å². The number of rotatable bonds is 2. The van der Waals surface area contributed by atoms with E-state index in [1.807, 2.05) is 6.07 Å². The van der Waals surface area contributed by atoms with Crippen molar-refractivity contribution in [1.29, 1.82) is 0 Å². The minimum absolute atomic E-state index is 0.203. The van der Waals surface area contributed by atoms with E-state index in [9.17, 15) is 21.6 Å². The average molecular weight is 402 g/mol. The van der Waals surface area contributed by atoms with Crippen LogP contribution in [0.5, 0.6) is 5.75 Å². The number of hydrogen-bond donors (Lipinski definition) is 0. The van der Waals surface area contributed by atoms with E-state index in [0.29, 0.717) is 22.8 Å². The molecule has 0 saturated heterocycles. The molecule has 0 aliphatic heterocycles. The molecule has 1 aromatic rings. The SMILES string of the molecule is Cc1cc2c(cc1OS(=O)(=O)C(F)(F)F)CCC1C2CC[C@]2(C)CCCC12. The lowest BCUT2D eigenvalue weighted by Gasteiger charge is -2.49. The fourth-order valence-corrected chi connectivity index (χ4v) is 6.47. The maximum absolute atomic E-state index is 12.7. The number of benzene rings is 1. The zero-order valence-electron chi connectivity index (χ0n) is 15.6. The summed E-state index contributed by atoms with van der Waals surface area (Å²) in [6.45, 7) is 4.04. The zero-order valence-corrected chi connectivity index (χ0v) is 16.4. The first kappa shape index (κ1) is 19.1.